The summed E-state index contributed by atoms with van der Waals surface area (Å²) in [4.78, 5) is 2.46. The van der Waals surface area contributed by atoms with Gasteiger partial charge in [-0.05, 0) is 78.2 Å². The van der Waals surface area contributed by atoms with Gasteiger partial charge in [0.1, 0.15) is 18.1 Å². The SMILES string of the molecule is Oc1ccc2c3c(ccc2c1)-c1cccc(F)c1OC3c1ccc(OCCN2CCCCC2)cc1. The third-order valence-corrected chi connectivity index (χ3v) is 7.11. The maximum Gasteiger partial charge on any atom is 0.165 e. The molecule has 4 nitrogen and oxygen atoms in total. The second-order valence-corrected chi connectivity index (χ2v) is 9.37. The molecule has 5 heteroatoms. The summed E-state index contributed by atoms with van der Waals surface area (Å²) in [6, 6.07) is 22.2. The van der Waals surface area contributed by atoms with Gasteiger partial charge in [-0.1, -0.05) is 48.9 Å². The van der Waals surface area contributed by atoms with Crippen LogP contribution in [-0.2, 0) is 0 Å². The van der Waals surface area contributed by atoms with E-state index in [1.165, 1.54) is 25.3 Å². The lowest BCUT2D eigenvalue weighted by Gasteiger charge is -2.30. The Hall–Kier alpha value is -3.57. The smallest absolute Gasteiger partial charge is 0.165 e. The normalized spacial score (nSPS) is 17.5. The van der Waals surface area contributed by atoms with Crippen molar-refractivity contribution in [2.45, 2.75) is 25.4 Å². The molecule has 0 radical (unpaired) electrons. The fourth-order valence-corrected chi connectivity index (χ4v) is 5.33. The lowest BCUT2D eigenvalue weighted by Crippen LogP contribution is -2.33. The van der Waals surface area contributed by atoms with Crippen molar-refractivity contribution in [2.75, 3.05) is 26.2 Å². The van der Waals surface area contributed by atoms with Crippen LogP contribution < -0.4 is 9.47 Å². The second-order valence-electron chi connectivity index (χ2n) is 9.37. The summed E-state index contributed by atoms with van der Waals surface area (Å²) in [7, 11) is 0. The average Bonchev–Trinajstić information content (AvgIpc) is 2.89. The molecule has 1 N–H and O–H groups in total. The van der Waals surface area contributed by atoms with Crippen molar-refractivity contribution in [3.8, 4) is 28.4 Å². The molecule has 1 unspecified atom stereocenters. The topological polar surface area (TPSA) is 41.9 Å². The third kappa shape index (κ3) is 4.21. The van der Waals surface area contributed by atoms with Gasteiger partial charge in [0.25, 0.3) is 0 Å². The first-order valence-electron chi connectivity index (χ1n) is 12.3. The lowest BCUT2D eigenvalue weighted by molar-refractivity contribution is 0.183. The van der Waals surface area contributed by atoms with Crippen LogP contribution in [0.3, 0.4) is 0 Å². The number of rotatable bonds is 5. The fraction of sp³-hybridized carbons (Fsp3) is 0.267. The van der Waals surface area contributed by atoms with E-state index in [9.17, 15) is 9.50 Å². The number of halogens is 1. The van der Waals surface area contributed by atoms with Gasteiger partial charge >= 0.3 is 0 Å². The zero-order valence-corrected chi connectivity index (χ0v) is 19.5. The van der Waals surface area contributed by atoms with Gasteiger partial charge < -0.3 is 14.6 Å². The van der Waals surface area contributed by atoms with Crippen LogP contribution in [0.5, 0.6) is 17.2 Å². The zero-order valence-electron chi connectivity index (χ0n) is 19.5. The van der Waals surface area contributed by atoms with Gasteiger partial charge in [0.2, 0.25) is 0 Å². The van der Waals surface area contributed by atoms with E-state index < -0.39 is 6.10 Å². The van der Waals surface area contributed by atoms with E-state index in [-0.39, 0.29) is 17.3 Å². The van der Waals surface area contributed by atoms with Crippen LogP contribution in [-0.4, -0.2) is 36.2 Å². The Labute approximate surface area is 204 Å². The molecule has 0 amide bonds. The molecule has 2 aliphatic rings. The molecule has 0 bridgehead atoms. The van der Waals surface area contributed by atoms with Crippen molar-refractivity contribution in [2.24, 2.45) is 0 Å². The van der Waals surface area contributed by atoms with Gasteiger partial charge in [-0.25, -0.2) is 4.39 Å². The van der Waals surface area contributed by atoms with E-state index in [4.69, 9.17) is 9.47 Å². The Kier molecular flexibility index (Phi) is 5.78. The molecule has 1 saturated heterocycles. The summed E-state index contributed by atoms with van der Waals surface area (Å²) in [5.74, 6) is 0.922. The van der Waals surface area contributed by atoms with Crippen LogP contribution in [0, 0.1) is 5.82 Å². The van der Waals surface area contributed by atoms with E-state index in [1.807, 2.05) is 48.5 Å². The van der Waals surface area contributed by atoms with Crippen molar-refractivity contribution < 1.29 is 19.0 Å². The van der Waals surface area contributed by atoms with Crippen molar-refractivity contribution >= 4 is 10.8 Å². The van der Waals surface area contributed by atoms with Crippen LogP contribution in [0.2, 0.25) is 0 Å². The number of ether oxygens (including phenoxy) is 2. The minimum absolute atomic E-state index is 0.211. The van der Waals surface area contributed by atoms with Crippen molar-refractivity contribution in [1.29, 1.82) is 0 Å². The van der Waals surface area contributed by atoms with E-state index in [0.29, 0.717) is 6.61 Å². The van der Waals surface area contributed by atoms with Gasteiger partial charge in [0, 0.05) is 17.7 Å². The summed E-state index contributed by atoms with van der Waals surface area (Å²) in [6.07, 6.45) is 3.39. The Morgan fingerprint density at radius 2 is 1.74 bits per heavy atom. The van der Waals surface area contributed by atoms with Crippen molar-refractivity contribution in [1.82, 2.24) is 4.90 Å². The van der Waals surface area contributed by atoms with Crippen LogP contribution in [0.25, 0.3) is 21.9 Å². The first-order valence-corrected chi connectivity index (χ1v) is 12.3. The quantitative estimate of drug-likeness (QED) is 0.353. The van der Waals surface area contributed by atoms with Crippen LogP contribution >= 0.6 is 0 Å². The Bertz CT molecular complexity index is 1360. The predicted octanol–water partition coefficient (Wildman–Crippen LogP) is 6.70. The number of benzene rings is 4. The molecule has 0 aliphatic carbocycles. The lowest BCUT2D eigenvalue weighted by atomic mass is 9.86. The average molecular weight is 470 g/mol. The van der Waals surface area contributed by atoms with Gasteiger partial charge in [-0.3, -0.25) is 4.90 Å². The summed E-state index contributed by atoms with van der Waals surface area (Å²) >= 11 is 0. The Balaban J connectivity index is 1.32. The first kappa shape index (κ1) is 21.9. The molecular formula is C30H28FNO3. The van der Waals surface area contributed by atoms with Crippen molar-refractivity contribution in [3.63, 3.8) is 0 Å². The highest BCUT2D eigenvalue weighted by atomic mass is 19.1. The van der Waals surface area contributed by atoms with Gasteiger partial charge in [0.15, 0.2) is 17.7 Å². The second kappa shape index (κ2) is 9.23. The Morgan fingerprint density at radius 3 is 2.57 bits per heavy atom. The summed E-state index contributed by atoms with van der Waals surface area (Å²) < 4.78 is 27.1. The minimum Gasteiger partial charge on any atom is -0.508 e. The molecule has 2 heterocycles. The largest absolute Gasteiger partial charge is 0.508 e. The molecule has 6 rings (SSSR count). The zero-order chi connectivity index (χ0) is 23.8. The highest BCUT2D eigenvalue weighted by Crippen LogP contribution is 2.48. The maximum atomic E-state index is 14.8. The highest BCUT2D eigenvalue weighted by molar-refractivity contribution is 5.95. The molecule has 35 heavy (non-hydrogen) atoms. The molecule has 2 aliphatic heterocycles. The number of piperidine rings is 1. The van der Waals surface area contributed by atoms with E-state index >= 15 is 0 Å². The van der Waals surface area contributed by atoms with Gasteiger partial charge in [0.05, 0.1) is 0 Å². The standard InChI is InChI=1S/C30H28FNO3/c31-27-6-4-5-26-25-13-9-21-19-22(33)10-14-24(21)28(25)29(35-30(26)27)20-7-11-23(12-8-20)34-18-17-32-15-2-1-3-16-32/h4-14,19,29,33H,1-3,15-18H2. The third-order valence-electron chi connectivity index (χ3n) is 7.11. The fourth-order valence-electron chi connectivity index (χ4n) is 5.33. The number of fused-ring (bicyclic) bond motifs is 5. The Morgan fingerprint density at radius 1 is 0.914 bits per heavy atom. The number of aromatic hydroxyl groups is 1. The molecule has 0 spiro atoms. The molecule has 4 aromatic rings. The number of hydrogen-bond acceptors (Lipinski definition) is 4. The summed E-state index contributed by atoms with van der Waals surface area (Å²) in [5, 5.41) is 11.9. The number of likely N-dealkylation sites (tertiary alicyclic amines) is 1. The molecule has 1 fully saturated rings. The van der Waals surface area contributed by atoms with Crippen LogP contribution in [0.1, 0.15) is 36.5 Å². The molecular weight excluding hydrogens is 441 g/mol. The van der Waals surface area contributed by atoms with Crippen LogP contribution in [0.4, 0.5) is 4.39 Å². The summed E-state index contributed by atoms with van der Waals surface area (Å²) in [6.45, 7) is 3.92. The highest BCUT2D eigenvalue weighted by Gasteiger charge is 2.31. The van der Waals surface area contributed by atoms with E-state index in [1.54, 1.807) is 18.2 Å². The summed E-state index contributed by atoms with van der Waals surface area (Å²) in [5.41, 5.74) is 3.57. The number of para-hydroxylation sites is 1. The predicted molar refractivity (Wildman–Crippen MR) is 136 cm³/mol. The maximum absolute atomic E-state index is 14.8. The number of hydrogen-bond donors (Lipinski definition) is 1. The molecule has 0 aromatic heterocycles. The first-order chi connectivity index (χ1) is 17.2. The monoisotopic (exact) mass is 469 g/mol. The molecule has 0 saturated carbocycles. The van der Waals surface area contributed by atoms with E-state index in [2.05, 4.69) is 4.90 Å². The van der Waals surface area contributed by atoms with E-state index in [0.717, 1.165) is 58.4 Å². The number of nitrogens with zero attached hydrogens (tertiary/aromatic N) is 1. The number of phenols is 1. The van der Waals surface area contributed by atoms with Crippen LogP contribution in [0.15, 0.2) is 72.8 Å². The molecule has 178 valence electrons. The van der Waals surface area contributed by atoms with Gasteiger partial charge in [-0.15, -0.1) is 0 Å². The number of phenolic OH excluding ortho intramolecular Hbond substituents is 1. The molecule has 1 atom stereocenters. The van der Waals surface area contributed by atoms with Crippen molar-refractivity contribution in [3.05, 3.63) is 89.7 Å². The molecule has 4 aromatic carbocycles. The van der Waals surface area contributed by atoms with Gasteiger partial charge in [-0.2, -0.15) is 0 Å². The minimum atomic E-state index is -0.481.